The number of ether oxygens (including phenoxy) is 1. The van der Waals surface area contributed by atoms with Gasteiger partial charge in [0.25, 0.3) is 0 Å². The number of piperazine rings is 1. The standard InChI is InChI=1S/C18H21FN4O4/c1-9-7-22(5-4-21-9)12-6-11-14(16(20)15(12)19)17(24)13(27-18(25)26)8-23(11)10-2-3-10/h6,8-10,21H,2-5,7,20H2,1H3,(H,25,26). The maximum absolute atomic E-state index is 15.1. The molecule has 2 fully saturated rings. The quantitative estimate of drug-likeness (QED) is 0.554. The number of hydrogen-bond donors (Lipinski definition) is 3. The van der Waals surface area contributed by atoms with Gasteiger partial charge in [-0.05, 0) is 25.8 Å². The summed E-state index contributed by atoms with van der Waals surface area (Å²) in [6.07, 6.45) is 1.57. The van der Waals surface area contributed by atoms with Crippen molar-refractivity contribution < 1.29 is 19.0 Å². The van der Waals surface area contributed by atoms with Gasteiger partial charge < -0.3 is 30.4 Å². The van der Waals surface area contributed by atoms with E-state index in [4.69, 9.17) is 10.8 Å². The highest BCUT2D eigenvalue weighted by Gasteiger charge is 2.29. The van der Waals surface area contributed by atoms with Crippen molar-refractivity contribution in [3.05, 3.63) is 28.3 Å². The summed E-state index contributed by atoms with van der Waals surface area (Å²) >= 11 is 0. The largest absolute Gasteiger partial charge is 0.511 e. The first kappa shape index (κ1) is 17.6. The summed E-state index contributed by atoms with van der Waals surface area (Å²) in [6, 6.07) is 1.96. The monoisotopic (exact) mass is 376 g/mol. The molecule has 1 aliphatic heterocycles. The Bertz CT molecular complexity index is 986. The van der Waals surface area contributed by atoms with Crippen molar-refractivity contribution in [3.63, 3.8) is 0 Å². The molecule has 9 heteroatoms. The fraction of sp³-hybridized carbons (Fsp3) is 0.444. The fourth-order valence-corrected chi connectivity index (χ4v) is 3.67. The van der Waals surface area contributed by atoms with Crippen LogP contribution in [0.25, 0.3) is 10.9 Å². The molecule has 1 aromatic carbocycles. The fourth-order valence-electron chi connectivity index (χ4n) is 3.67. The first-order valence-electron chi connectivity index (χ1n) is 8.92. The van der Waals surface area contributed by atoms with Crippen LogP contribution >= 0.6 is 0 Å². The Hall–Kier alpha value is -2.81. The summed E-state index contributed by atoms with van der Waals surface area (Å²) in [6.45, 7) is 3.99. The van der Waals surface area contributed by atoms with Crippen LogP contribution in [0.2, 0.25) is 0 Å². The van der Waals surface area contributed by atoms with Crippen molar-refractivity contribution in [2.75, 3.05) is 30.3 Å². The molecule has 2 aromatic rings. The second kappa shape index (κ2) is 6.41. The van der Waals surface area contributed by atoms with Crippen molar-refractivity contribution in [3.8, 4) is 5.75 Å². The second-order valence-electron chi connectivity index (χ2n) is 7.15. The third-order valence-electron chi connectivity index (χ3n) is 5.09. The molecule has 2 aliphatic rings. The van der Waals surface area contributed by atoms with Crippen LogP contribution in [0.1, 0.15) is 25.8 Å². The first-order valence-corrected chi connectivity index (χ1v) is 8.92. The summed E-state index contributed by atoms with van der Waals surface area (Å²) in [5.41, 5.74) is 5.88. The predicted octanol–water partition coefficient (Wildman–Crippen LogP) is 1.91. The van der Waals surface area contributed by atoms with Gasteiger partial charge in [0.15, 0.2) is 11.6 Å². The van der Waals surface area contributed by atoms with E-state index < -0.39 is 17.4 Å². The number of carboxylic acid groups (broad SMARTS) is 1. The van der Waals surface area contributed by atoms with Gasteiger partial charge >= 0.3 is 6.16 Å². The molecular weight excluding hydrogens is 355 g/mol. The van der Waals surface area contributed by atoms with E-state index in [0.29, 0.717) is 24.3 Å². The van der Waals surface area contributed by atoms with Crippen LogP contribution in [0.5, 0.6) is 5.75 Å². The zero-order chi connectivity index (χ0) is 19.3. The van der Waals surface area contributed by atoms with Crippen molar-refractivity contribution >= 4 is 28.4 Å². The lowest BCUT2D eigenvalue weighted by Gasteiger charge is -2.34. The molecule has 0 bridgehead atoms. The lowest BCUT2D eigenvalue weighted by atomic mass is 10.1. The van der Waals surface area contributed by atoms with E-state index in [9.17, 15) is 9.59 Å². The summed E-state index contributed by atoms with van der Waals surface area (Å²) in [4.78, 5) is 25.5. The molecule has 4 rings (SSSR count). The molecule has 8 nitrogen and oxygen atoms in total. The number of rotatable bonds is 3. The second-order valence-corrected chi connectivity index (χ2v) is 7.15. The number of nitrogen functional groups attached to an aromatic ring is 1. The molecule has 1 saturated carbocycles. The van der Waals surface area contributed by atoms with Gasteiger partial charge in [-0.1, -0.05) is 0 Å². The van der Waals surface area contributed by atoms with Gasteiger partial charge in [0, 0.05) is 31.7 Å². The van der Waals surface area contributed by atoms with E-state index in [1.807, 2.05) is 11.8 Å². The van der Waals surface area contributed by atoms with Crippen LogP contribution in [-0.4, -0.2) is 41.5 Å². The number of pyridine rings is 1. The average molecular weight is 376 g/mol. The van der Waals surface area contributed by atoms with Crippen molar-refractivity contribution in [1.82, 2.24) is 9.88 Å². The molecule has 4 N–H and O–H groups in total. The highest BCUT2D eigenvalue weighted by Crippen LogP contribution is 2.40. The topological polar surface area (TPSA) is 110 Å². The van der Waals surface area contributed by atoms with Gasteiger partial charge in [0.05, 0.1) is 28.5 Å². The SMILES string of the molecule is CC1CN(c2cc3c(c(N)c2F)c(=O)c(OC(=O)O)cn3C2CC2)CCN1. The molecule has 1 atom stereocenters. The van der Waals surface area contributed by atoms with Gasteiger partial charge in [-0.15, -0.1) is 0 Å². The third-order valence-corrected chi connectivity index (χ3v) is 5.09. The summed E-state index contributed by atoms with van der Waals surface area (Å²) < 4.78 is 21.5. The molecule has 0 spiro atoms. The number of halogens is 1. The van der Waals surface area contributed by atoms with E-state index in [-0.39, 0.29) is 28.9 Å². The Kier molecular flexibility index (Phi) is 4.18. The van der Waals surface area contributed by atoms with Crippen molar-refractivity contribution in [2.24, 2.45) is 0 Å². The minimum atomic E-state index is -1.60. The first-order chi connectivity index (χ1) is 12.9. The Morgan fingerprint density at radius 1 is 1.44 bits per heavy atom. The molecule has 1 unspecified atom stereocenters. The molecule has 0 amide bonds. The predicted molar refractivity (Wildman–Crippen MR) is 99.2 cm³/mol. The number of nitrogens with zero attached hydrogens (tertiary/aromatic N) is 2. The number of benzene rings is 1. The molecule has 144 valence electrons. The minimum absolute atomic E-state index is 0.0370. The van der Waals surface area contributed by atoms with Crippen molar-refractivity contribution in [2.45, 2.75) is 31.8 Å². The Labute approximate surface area is 154 Å². The maximum Gasteiger partial charge on any atom is 0.511 e. The molecule has 27 heavy (non-hydrogen) atoms. The summed E-state index contributed by atoms with van der Waals surface area (Å²) in [7, 11) is 0. The lowest BCUT2D eigenvalue weighted by Crippen LogP contribution is -2.49. The third kappa shape index (κ3) is 3.08. The van der Waals surface area contributed by atoms with Crippen LogP contribution in [0, 0.1) is 5.82 Å². The summed E-state index contributed by atoms with van der Waals surface area (Å²) in [5, 5.41) is 12.2. The summed E-state index contributed by atoms with van der Waals surface area (Å²) in [5.74, 6) is -1.03. The molecule has 1 saturated heterocycles. The van der Waals surface area contributed by atoms with E-state index in [0.717, 1.165) is 19.4 Å². The Balaban J connectivity index is 1.94. The number of carbonyl (C=O) groups is 1. The van der Waals surface area contributed by atoms with Crippen LogP contribution in [0.3, 0.4) is 0 Å². The zero-order valence-electron chi connectivity index (χ0n) is 14.9. The van der Waals surface area contributed by atoms with Crippen molar-refractivity contribution in [1.29, 1.82) is 0 Å². The van der Waals surface area contributed by atoms with E-state index in [1.54, 1.807) is 10.6 Å². The van der Waals surface area contributed by atoms with Crippen LogP contribution in [-0.2, 0) is 0 Å². The highest BCUT2D eigenvalue weighted by atomic mass is 19.1. The van der Waals surface area contributed by atoms with Crippen LogP contribution in [0.15, 0.2) is 17.1 Å². The number of fused-ring (bicyclic) bond motifs is 1. The molecule has 1 aromatic heterocycles. The lowest BCUT2D eigenvalue weighted by molar-refractivity contribution is 0.143. The smallest absolute Gasteiger partial charge is 0.449 e. The van der Waals surface area contributed by atoms with E-state index >= 15 is 4.39 Å². The Morgan fingerprint density at radius 3 is 2.81 bits per heavy atom. The zero-order valence-corrected chi connectivity index (χ0v) is 14.9. The number of nitrogens with one attached hydrogen (secondary N) is 1. The molecule has 2 heterocycles. The number of anilines is 2. The number of hydrogen-bond acceptors (Lipinski definition) is 6. The normalized spacial score (nSPS) is 20.1. The van der Waals surface area contributed by atoms with E-state index in [1.165, 1.54) is 6.20 Å². The van der Waals surface area contributed by atoms with Gasteiger partial charge in [-0.3, -0.25) is 4.79 Å². The highest BCUT2D eigenvalue weighted by molar-refractivity contribution is 5.95. The number of aromatic nitrogens is 1. The number of nitrogens with two attached hydrogens (primary N) is 1. The Morgan fingerprint density at radius 2 is 2.19 bits per heavy atom. The van der Waals surface area contributed by atoms with Crippen LogP contribution in [0.4, 0.5) is 20.6 Å². The average Bonchev–Trinajstić information content (AvgIpc) is 3.44. The molecular formula is C18H21FN4O4. The maximum atomic E-state index is 15.1. The van der Waals surface area contributed by atoms with Crippen LogP contribution < -0.4 is 26.1 Å². The van der Waals surface area contributed by atoms with Gasteiger partial charge in [-0.2, -0.15) is 0 Å². The minimum Gasteiger partial charge on any atom is -0.449 e. The van der Waals surface area contributed by atoms with Gasteiger partial charge in [0.2, 0.25) is 5.43 Å². The van der Waals surface area contributed by atoms with Gasteiger partial charge in [-0.25, -0.2) is 9.18 Å². The molecule has 0 radical (unpaired) electrons. The molecule has 1 aliphatic carbocycles. The van der Waals surface area contributed by atoms with E-state index in [2.05, 4.69) is 10.1 Å². The van der Waals surface area contributed by atoms with Gasteiger partial charge in [0.1, 0.15) is 0 Å².